The van der Waals surface area contributed by atoms with Gasteiger partial charge >= 0.3 is 5.97 Å². The summed E-state index contributed by atoms with van der Waals surface area (Å²) in [6.45, 7) is 0. The Labute approximate surface area is 160 Å². The Kier molecular flexibility index (Phi) is 5.08. The molecule has 0 radical (unpaired) electrons. The van der Waals surface area contributed by atoms with Crippen molar-refractivity contribution in [2.45, 2.75) is 37.8 Å². The number of benzene rings is 1. The summed E-state index contributed by atoms with van der Waals surface area (Å²) in [7, 11) is 2.83. The van der Waals surface area contributed by atoms with Crippen LogP contribution in [0.15, 0.2) is 26.6 Å². The molecule has 2 aliphatic rings. The van der Waals surface area contributed by atoms with Crippen LogP contribution in [0.25, 0.3) is 0 Å². The van der Waals surface area contributed by atoms with Crippen molar-refractivity contribution in [3.63, 3.8) is 0 Å². The number of hydrogen-bond donors (Lipinski definition) is 2. The molecule has 0 saturated heterocycles. The van der Waals surface area contributed by atoms with Crippen LogP contribution < -0.4 is 21.1 Å². The number of halogens is 1. The molecule has 9 heteroatoms. The second kappa shape index (κ2) is 7.14. The number of aliphatic imine (C=N–C) groups is 2. The van der Waals surface area contributed by atoms with Gasteiger partial charge in [0, 0.05) is 4.47 Å². The molecule has 1 heterocycles. The number of guanidine groups is 2. The summed E-state index contributed by atoms with van der Waals surface area (Å²) in [5.74, 6) is 0.255. The third-order valence-electron chi connectivity index (χ3n) is 4.74. The lowest BCUT2D eigenvalue weighted by molar-refractivity contribution is 0.0597. The average molecular weight is 424 g/mol. The van der Waals surface area contributed by atoms with Crippen LogP contribution in [0.1, 0.15) is 42.5 Å². The number of anilines is 1. The molecule has 1 aromatic rings. The van der Waals surface area contributed by atoms with Gasteiger partial charge in [0.15, 0.2) is 5.75 Å². The van der Waals surface area contributed by atoms with E-state index in [2.05, 4.69) is 25.9 Å². The van der Waals surface area contributed by atoms with E-state index in [1.807, 2.05) is 11.0 Å². The standard InChI is InChI=1S/C17H22BrN5O3/c1-25-13-11(14(24)26-2)8-10(18)9-12(13)23-16(20)21-15(19)22-17(23)6-4-3-5-7-17/h8-9H,3-7H2,1-2H3,(H4,19,20,21,22). The van der Waals surface area contributed by atoms with E-state index in [1.165, 1.54) is 14.2 Å². The maximum Gasteiger partial charge on any atom is 0.341 e. The monoisotopic (exact) mass is 423 g/mol. The van der Waals surface area contributed by atoms with E-state index < -0.39 is 11.6 Å². The first-order valence-electron chi connectivity index (χ1n) is 8.37. The molecule has 26 heavy (non-hydrogen) atoms. The predicted molar refractivity (Wildman–Crippen MR) is 104 cm³/mol. The fraction of sp³-hybridized carbons (Fsp3) is 0.471. The molecule has 1 aromatic carbocycles. The van der Waals surface area contributed by atoms with Gasteiger partial charge in [0.1, 0.15) is 11.2 Å². The minimum atomic E-state index is -0.629. The van der Waals surface area contributed by atoms with Crippen molar-refractivity contribution in [3.05, 3.63) is 22.2 Å². The summed E-state index contributed by atoms with van der Waals surface area (Å²) in [5, 5.41) is 0. The molecule has 0 amide bonds. The number of carbonyl (C=O) groups is 1. The Morgan fingerprint density at radius 2 is 1.92 bits per heavy atom. The highest BCUT2D eigenvalue weighted by Crippen LogP contribution is 2.44. The van der Waals surface area contributed by atoms with Crippen molar-refractivity contribution in [1.82, 2.24) is 0 Å². The maximum atomic E-state index is 12.2. The molecule has 8 nitrogen and oxygen atoms in total. The molecular weight excluding hydrogens is 402 g/mol. The Hall–Kier alpha value is -2.29. The first kappa shape index (κ1) is 18.5. The number of ether oxygens (including phenoxy) is 2. The third kappa shape index (κ3) is 3.11. The van der Waals surface area contributed by atoms with Crippen molar-refractivity contribution in [2.75, 3.05) is 19.1 Å². The number of nitrogens with zero attached hydrogens (tertiary/aromatic N) is 3. The number of rotatable bonds is 3. The molecule has 3 rings (SSSR count). The lowest BCUT2D eigenvalue weighted by atomic mass is 9.87. The van der Waals surface area contributed by atoms with E-state index in [0.717, 1.165) is 32.1 Å². The fourth-order valence-electron chi connectivity index (χ4n) is 3.69. The van der Waals surface area contributed by atoms with Gasteiger partial charge in [-0.2, -0.15) is 4.99 Å². The average Bonchev–Trinajstić information content (AvgIpc) is 2.60. The second-order valence-corrected chi connectivity index (χ2v) is 7.23. The first-order chi connectivity index (χ1) is 12.4. The lowest BCUT2D eigenvalue weighted by Gasteiger charge is -2.46. The molecule has 1 aliphatic carbocycles. The summed E-state index contributed by atoms with van der Waals surface area (Å²) >= 11 is 3.45. The van der Waals surface area contributed by atoms with Crippen LogP contribution >= 0.6 is 15.9 Å². The molecule has 0 aromatic heterocycles. The summed E-state index contributed by atoms with van der Waals surface area (Å²) in [5.41, 5.74) is 12.4. The Morgan fingerprint density at radius 3 is 2.54 bits per heavy atom. The van der Waals surface area contributed by atoms with Crippen molar-refractivity contribution in [1.29, 1.82) is 0 Å². The second-order valence-electron chi connectivity index (χ2n) is 6.32. The molecule has 4 N–H and O–H groups in total. The number of nitrogens with two attached hydrogens (primary N) is 2. The van der Waals surface area contributed by atoms with Crippen LogP contribution in [-0.4, -0.2) is 37.8 Å². The van der Waals surface area contributed by atoms with Crippen LogP contribution in [0.2, 0.25) is 0 Å². The number of esters is 1. The van der Waals surface area contributed by atoms with Crippen LogP contribution in [0.3, 0.4) is 0 Å². The largest absolute Gasteiger partial charge is 0.494 e. The summed E-state index contributed by atoms with van der Waals surface area (Å²) in [4.78, 5) is 22.9. The van der Waals surface area contributed by atoms with E-state index in [4.69, 9.17) is 20.9 Å². The van der Waals surface area contributed by atoms with Gasteiger partial charge in [-0.3, -0.25) is 4.90 Å². The molecule has 1 fully saturated rings. The van der Waals surface area contributed by atoms with E-state index in [-0.39, 0.29) is 11.9 Å². The molecular formula is C17H22BrN5O3. The van der Waals surface area contributed by atoms with Gasteiger partial charge in [0.05, 0.1) is 19.9 Å². The van der Waals surface area contributed by atoms with Crippen LogP contribution in [0.4, 0.5) is 5.69 Å². The molecule has 1 saturated carbocycles. The Bertz CT molecular complexity index is 787. The zero-order valence-electron chi connectivity index (χ0n) is 14.8. The fourth-order valence-corrected chi connectivity index (χ4v) is 4.14. The van der Waals surface area contributed by atoms with Crippen molar-refractivity contribution < 1.29 is 14.3 Å². The smallest absolute Gasteiger partial charge is 0.341 e. The quantitative estimate of drug-likeness (QED) is 0.720. The summed E-state index contributed by atoms with van der Waals surface area (Å²) in [6.07, 6.45) is 4.70. The first-order valence-corrected chi connectivity index (χ1v) is 9.17. The lowest BCUT2D eigenvalue weighted by Crippen LogP contribution is -2.58. The zero-order chi connectivity index (χ0) is 18.9. The van der Waals surface area contributed by atoms with Crippen LogP contribution in [0, 0.1) is 0 Å². The molecule has 140 valence electrons. The molecule has 1 spiro atoms. The maximum absolute atomic E-state index is 12.2. The van der Waals surface area contributed by atoms with Gasteiger partial charge in [-0.05, 0) is 37.8 Å². The number of methoxy groups -OCH3 is 2. The van der Waals surface area contributed by atoms with E-state index in [1.54, 1.807) is 6.07 Å². The zero-order valence-corrected chi connectivity index (χ0v) is 16.4. The minimum Gasteiger partial charge on any atom is -0.494 e. The van der Waals surface area contributed by atoms with Crippen LogP contribution in [0.5, 0.6) is 5.75 Å². The summed E-state index contributed by atoms with van der Waals surface area (Å²) < 4.78 is 11.1. The van der Waals surface area contributed by atoms with Crippen molar-refractivity contribution in [2.24, 2.45) is 21.5 Å². The van der Waals surface area contributed by atoms with Crippen LogP contribution in [-0.2, 0) is 4.74 Å². The highest BCUT2D eigenvalue weighted by molar-refractivity contribution is 9.10. The Balaban J connectivity index is 2.21. The van der Waals surface area contributed by atoms with Crippen molar-refractivity contribution >= 4 is 39.5 Å². The molecule has 1 aliphatic heterocycles. The number of carbonyl (C=O) groups excluding carboxylic acids is 1. The number of hydrogen-bond acceptors (Lipinski definition) is 8. The van der Waals surface area contributed by atoms with E-state index >= 15 is 0 Å². The molecule has 0 atom stereocenters. The highest BCUT2D eigenvalue weighted by atomic mass is 79.9. The van der Waals surface area contributed by atoms with E-state index in [9.17, 15) is 4.79 Å². The van der Waals surface area contributed by atoms with E-state index in [0.29, 0.717) is 21.5 Å². The summed E-state index contributed by atoms with van der Waals surface area (Å²) in [6, 6.07) is 3.48. The predicted octanol–water partition coefficient (Wildman–Crippen LogP) is 2.35. The normalized spacial score (nSPS) is 19.0. The van der Waals surface area contributed by atoms with Gasteiger partial charge in [-0.15, -0.1) is 0 Å². The van der Waals surface area contributed by atoms with Gasteiger partial charge < -0.3 is 20.9 Å². The topological polar surface area (TPSA) is 116 Å². The van der Waals surface area contributed by atoms with Gasteiger partial charge in [0.25, 0.3) is 0 Å². The van der Waals surface area contributed by atoms with Gasteiger partial charge in [0.2, 0.25) is 11.9 Å². The van der Waals surface area contributed by atoms with Crippen molar-refractivity contribution in [3.8, 4) is 5.75 Å². The minimum absolute atomic E-state index is 0.169. The third-order valence-corrected chi connectivity index (χ3v) is 5.19. The van der Waals surface area contributed by atoms with Gasteiger partial charge in [-0.1, -0.05) is 22.4 Å². The SMILES string of the molecule is COC(=O)c1cc(Br)cc(N2C(N)=NC(N)=NC23CCCCC3)c1OC. The highest BCUT2D eigenvalue weighted by Gasteiger charge is 2.44. The molecule has 0 bridgehead atoms. The molecule has 0 unspecified atom stereocenters. The Morgan fingerprint density at radius 1 is 1.23 bits per heavy atom. The van der Waals surface area contributed by atoms with Gasteiger partial charge in [-0.25, -0.2) is 9.79 Å².